The van der Waals surface area contributed by atoms with E-state index in [-0.39, 0.29) is 0 Å². The van der Waals surface area contributed by atoms with Gasteiger partial charge in [0.05, 0.1) is 0 Å². The molecular weight excluding hydrogens is 158 g/mol. The van der Waals surface area contributed by atoms with Crippen LogP contribution in [0.4, 0.5) is 0 Å². The highest BCUT2D eigenvalue weighted by Crippen LogP contribution is 2.31. The molecule has 0 unspecified atom stereocenters. The number of nitrogens with one attached hydrogen (secondary N) is 1. The average Bonchev–Trinajstić information content (AvgIpc) is 2.91. The predicted octanol–water partition coefficient (Wildman–Crippen LogP) is 2.81. The van der Waals surface area contributed by atoms with Crippen LogP contribution in [-0.2, 0) is 0 Å². The van der Waals surface area contributed by atoms with Gasteiger partial charge in [0.15, 0.2) is 0 Å². The summed E-state index contributed by atoms with van der Waals surface area (Å²) >= 11 is 0. The van der Waals surface area contributed by atoms with Crippen molar-refractivity contribution in [2.45, 2.75) is 52.0 Å². The molecule has 0 aliphatic heterocycles. The maximum atomic E-state index is 3.73. The molecule has 2 aliphatic carbocycles. The second kappa shape index (κ2) is 4.00. The Kier molecular flexibility index (Phi) is 2.92. The molecule has 0 saturated heterocycles. The molecule has 2 fully saturated rings. The van der Waals surface area contributed by atoms with Gasteiger partial charge in [-0.2, -0.15) is 0 Å². The summed E-state index contributed by atoms with van der Waals surface area (Å²) in [6, 6.07) is 0.840. The Morgan fingerprint density at radius 2 is 1.77 bits per heavy atom. The van der Waals surface area contributed by atoms with Crippen molar-refractivity contribution in [3.05, 3.63) is 0 Å². The van der Waals surface area contributed by atoms with E-state index in [0.717, 1.165) is 23.8 Å². The van der Waals surface area contributed by atoms with Crippen LogP contribution in [0.1, 0.15) is 46.0 Å². The van der Waals surface area contributed by atoms with Crippen molar-refractivity contribution in [3.63, 3.8) is 0 Å². The first-order valence-electron chi connectivity index (χ1n) is 5.99. The fourth-order valence-corrected chi connectivity index (χ4v) is 2.39. The van der Waals surface area contributed by atoms with Crippen LogP contribution in [0.3, 0.4) is 0 Å². The van der Waals surface area contributed by atoms with E-state index >= 15 is 0 Å². The Bertz CT molecular complexity index is 163. The highest BCUT2D eigenvalue weighted by Gasteiger charge is 2.26. The lowest BCUT2D eigenvalue weighted by molar-refractivity contribution is 0.225. The highest BCUT2D eigenvalue weighted by molar-refractivity contribution is 4.83. The maximum Gasteiger partial charge on any atom is 0.00699 e. The summed E-state index contributed by atoms with van der Waals surface area (Å²) in [7, 11) is 0. The lowest BCUT2D eigenvalue weighted by atomic mass is 9.79. The van der Waals surface area contributed by atoms with Crippen molar-refractivity contribution in [2.75, 3.05) is 6.54 Å². The molecule has 0 aromatic heterocycles. The molecule has 2 aliphatic rings. The van der Waals surface area contributed by atoms with Crippen molar-refractivity contribution in [1.82, 2.24) is 5.32 Å². The molecule has 0 aromatic carbocycles. The van der Waals surface area contributed by atoms with E-state index in [0.29, 0.717) is 0 Å². The van der Waals surface area contributed by atoms with Gasteiger partial charge in [0.1, 0.15) is 0 Å². The van der Waals surface area contributed by atoms with Gasteiger partial charge in [-0.3, -0.25) is 0 Å². The Labute approximate surface area is 82.3 Å². The molecule has 0 spiro atoms. The zero-order valence-electron chi connectivity index (χ0n) is 9.05. The summed E-state index contributed by atoms with van der Waals surface area (Å²) < 4.78 is 0. The van der Waals surface area contributed by atoms with Gasteiger partial charge in [-0.1, -0.05) is 13.8 Å². The van der Waals surface area contributed by atoms with Crippen LogP contribution in [0.2, 0.25) is 0 Å². The Morgan fingerprint density at radius 1 is 1.00 bits per heavy atom. The third kappa shape index (κ3) is 2.70. The zero-order chi connectivity index (χ0) is 9.26. The van der Waals surface area contributed by atoms with Crippen LogP contribution < -0.4 is 5.32 Å². The van der Waals surface area contributed by atoms with E-state index in [9.17, 15) is 0 Å². The predicted molar refractivity (Wildman–Crippen MR) is 56.7 cm³/mol. The minimum atomic E-state index is 0.840. The van der Waals surface area contributed by atoms with Crippen LogP contribution in [0.15, 0.2) is 0 Å². The van der Waals surface area contributed by atoms with Crippen LogP contribution in [0, 0.1) is 17.8 Å². The van der Waals surface area contributed by atoms with Crippen LogP contribution >= 0.6 is 0 Å². The summed E-state index contributed by atoms with van der Waals surface area (Å²) in [4.78, 5) is 0. The fraction of sp³-hybridized carbons (Fsp3) is 1.00. The molecule has 0 aromatic rings. The van der Waals surface area contributed by atoms with E-state index in [1.54, 1.807) is 0 Å². The van der Waals surface area contributed by atoms with E-state index in [2.05, 4.69) is 19.2 Å². The second-order valence-corrected chi connectivity index (χ2v) is 5.32. The first-order chi connectivity index (χ1) is 6.25. The molecule has 3 atom stereocenters. The van der Waals surface area contributed by atoms with Gasteiger partial charge in [-0.05, 0) is 56.4 Å². The molecule has 76 valence electrons. The first-order valence-corrected chi connectivity index (χ1v) is 5.99. The van der Waals surface area contributed by atoms with Gasteiger partial charge in [0, 0.05) is 6.04 Å². The van der Waals surface area contributed by atoms with Crippen LogP contribution in [-0.4, -0.2) is 12.6 Å². The summed E-state index contributed by atoms with van der Waals surface area (Å²) in [6.07, 6.45) is 7.22. The Balaban J connectivity index is 1.68. The topological polar surface area (TPSA) is 12.0 Å². The van der Waals surface area contributed by atoms with E-state index < -0.39 is 0 Å². The third-order valence-electron chi connectivity index (χ3n) is 3.99. The molecule has 1 heteroatoms. The second-order valence-electron chi connectivity index (χ2n) is 5.32. The van der Waals surface area contributed by atoms with Gasteiger partial charge in [0.25, 0.3) is 0 Å². The van der Waals surface area contributed by atoms with Crippen molar-refractivity contribution in [1.29, 1.82) is 0 Å². The smallest absolute Gasteiger partial charge is 0.00699 e. The van der Waals surface area contributed by atoms with Crippen molar-refractivity contribution in [2.24, 2.45) is 17.8 Å². The summed E-state index contributed by atoms with van der Waals surface area (Å²) in [5.74, 6) is 2.93. The fourth-order valence-electron chi connectivity index (χ4n) is 2.39. The Hall–Kier alpha value is -0.0400. The molecule has 0 heterocycles. The Morgan fingerprint density at radius 3 is 2.38 bits per heavy atom. The van der Waals surface area contributed by atoms with Gasteiger partial charge < -0.3 is 5.32 Å². The van der Waals surface area contributed by atoms with E-state index in [1.165, 1.54) is 38.6 Å². The van der Waals surface area contributed by atoms with Gasteiger partial charge in [-0.15, -0.1) is 0 Å². The minimum absolute atomic E-state index is 0.840. The van der Waals surface area contributed by atoms with Crippen molar-refractivity contribution < 1.29 is 0 Å². The number of hydrogen-bond donors (Lipinski definition) is 1. The molecular formula is C12H23N. The SMILES string of the molecule is C[C@@H]1CC[C@H](NCC2CC2)C[C@H]1C. The standard InChI is InChI=1S/C12H23N/c1-9-3-6-12(7-10(9)2)13-8-11-4-5-11/h9-13H,3-8H2,1-2H3/t9-,10-,12+/m1/s1. The van der Waals surface area contributed by atoms with E-state index in [1.807, 2.05) is 0 Å². The average molecular weight is 181 g/mol. The molecule has 0 amide bonds. The molecule has 1 N–H and O–H groups in total. The third-order valence-corrected chi connectivity index (χ3v) is 3.99. The molecule has 2 rings (SSSR count). The maximum absolute atomic E-state index is 3.73. The number of hydrogen-bond acceptors (Lipinski definition) is 1. The largest absolute Gasteiger partial charge is 0.314 e. The van der Waals surface area contributed by atoms with Gasteiger partial charge in [-0.25, -0.2) is 0 Å². The van der Waals surface area contributed by atoms with E-state index in [4.69, 9.17) is 0 Å². The lowest BCUT2D eigenvalue weighted by Gasteiger charge is -2.32. The summed E-state index contributed by atoms with van der Waals surface area (Å²) in [5.41, 5.74) is 0. The summed E-state index contributed by atoms with van der Waals surface area (Å²) in [6.45, 7) is 6.11. The molecule has 13 heavy (non-hydrogen) atoms. The van der Waals surface area contributed by atoms with Gasteiger partial charge in [0.2, 0.25) is 0 Å². The minimum Gasteiger partial charge on any atom is -0.314 e. The highest BCUT2D eigenvalue weighted by atomic mass is 14.9. The molecule has 1 nitrogen and oxygen atoms in total. The molecule has 0 radical (unpaired) electrons. The normalized spacial score (nSPS) is 40.6. The van der Waals surface area contributed by atoms with Crippen LogP contribution in [0.25, 0.3) is 0 Å². The van der Waals surface area contributed by atoms with Crippen molar-refractivity contribution in [3.8, 4) is 0 Å². The lowest BCUT2D eigenvalue weighted by Crippen LogP contribution is -2.37. The summed E-state index contributed by atoms with van der Waals surface area (Å²) in [5, 5.41) is 3.73. The quantitative estimate of drug-likeness (QED) is 0.706. The number of rotatable bonds is 3. The van der Waals surface area contributed by atoms with Crippen molar-refractivity contribution >= 4 is 0 Å². The monoisotopic (exact) mass is 181 g/mol. The molecule has 0 bridgehead atoms. The zero-order valence-corrected chi connectivity index (χ0v) is 9.05. The molecule has 2 saturated carbocycles. The van der Waals surface area contributed by atoms with Gasteiger partial charge >= 0.3 is 0 Å². The first kappa shape index (κ1) is 9.51. The van der Waals surface area contributed by atoms with Crippen LogP contribution in [0.5, 0.6) is 0 Å².